The number of likely N-dealkylation sites (tertiary alicyclic amines) is 1. The number of fused-ring (bicyclic) bond motifs is 3. The first-order chi connectivity index (χ1) is 27.7. The number of nitrogens with zero attached hydrogens (tertiary/aromatic N) is 6. The number of hydrogen-bond donors (Lipinski definition) is 3. The van der Waals surface area contributed by atoms with Gasteiger partial charge in [0, 0.05) is 65.7 Å². The molecule has 13 heteroatoms. The predicted octanol–water partition coefficient (Wildman–Crippen LogP) is 6.27. The molecule has 3 aliphatic rings. The lowest BCUT2D eigenvalue weighted by molar-refractivity contribution is -0.136. The molecular formula is C44H45N9O4. The van der Waals surface area contributed by atoms with Gasteiger partial charge in [0.1, 0.15) is 17.9 Å². The molecule has 13 nitrogen and oxygen atoms in total. The number of carbonyl (C=O) groups excluding carboxylic acids is 4. The van der Waals surface area contributed by atoms with Crippen molar-refractivity contribution in [2.24, 2.45) is 0 Å². The largest absolute Gasteiger partial charge is 0.356 e. The van der Waals surface area contributed by atoms with Crippen LogP contribution in [0.15, 0.2) is 48.7 Å². The first-order valence-electron chi connectivity index (χ1n) is 19.9. The number of rotatable bonds is 11. The number of H-pyrrole nitrogens is 1. The number of amides is 4. The zero-order chi connectivity index (χ0) is 39.6. The molecule has 2 aromatic carbocycles. The van der Waals surface area contributed by atoms with Crippen molar-refractivity contribution in [3.05, 3.63) is 87.9 Å². The molecular weight excluding hydrogens is 719 g/mol. The summed E-state index contributed by atoms with van der Waals surface area (Å²) < 4.78 is 1.99. The summed E-state index contributed by atoms with van der Waals surface area (Å²) in [5, 5.41) is 21.8. The maximum Gasteiger partial charge on any atom is 0.256 e. The van der Waals surface area contributed by atoms with Gasteiger partial charge in [-0.25, -0.2) is 4.98 Å². The van der Waals surface area contributed by atoms with Gasteiger partial charge in [-0.15, -0.1) is 0 Å². The van der Waals surface area contributed by atoms with E-state index in [2.05, 4.69) is 50.5 Å². The monoisotopic (exact) mass is 763 g/mol. The van der Waals surface area contributed by atoms with Gasteiger partial charge in [-0.2, -0.15) is 10.4 Å². The summed E-state index contributed by atoms with van der Waals surface area (Å²) in [7, 11) is 2.08. The summed E-state index contributed by atoms with van der Waals surface area (Å²) in [5.74, 6) is 5.78. The lowest BCUT2D eigenvalue weighted by atomic mass is 10.0. The Hall–Kier alpha value is -6.31. The summed E-state index contributed by atoms with van der Waals surface area (Å²) in [5.41, 5.74) is 6.89. The van der Waals surface area contributed by atoms with E-state index in [0.717, 1.165) is 109 Å². The molecule has 0 aliphatic carbocycles. The Morgan fingerprint density at radius 2 is 1.86 bits per heavy atom. The standard InChI is InChI=1S/C44H45N9O4/c1-27-30-17-16-29(42(55)48-39-23-35-33(25-46-39)32(24-45)41(47-35)36-15-11-20-51(36)2)22-38(30)53(50-27)21-9-7-5-3-4-6-8-12-28-13-10-14-31-34(28)26-52(44(31)57)37-18-19-40(54)49-43(37)56/h10,13-14,16-17,22-23,25,36-37,47H,3-7,9,11,15,18-21,26H2,1-2H3,(H,46,48,55)(H,49,54,56)/t36-,37?/m1/s1. The van der Waals surface area contributed by atoms with Crippen molar-refractivity contribution >= 4 is 51.3 Å². The molecule has 57 heavy (non-hydrogen) atoms. The number of nitrogens with one attached hydrogen (secondary N) is 3. The normalized spacial score (nSPS) is 18.1. The number of piperidine rings is 1. The second kappa shape index (κ2) is 16.0. The van der Waals surface area contributed by atoms with E-state index in [1.807, 2.05) is 41.9 Å². The number of imide groups is 1. The summed E-state index contributed by atoms with van der Waals surface area (Å²) in [6, 6.07) is 14.9. The Kier molecular flexibility index (Phi) is 10.6. The van der Waals surface area contributed by atoms with Gasteiger partial charge in [0.15, 0.2) is 0 Å². The quantitative estimate of drug-likeness (QED) is 0.0804. The highest BCUT2D eigenvalue weighted by Crippen LogP contribution is 2.35. The number of anilines is 1. The molecule has 3 N–H and O–H groups in total. The molecule has 2 fully saturated rings. The average molecular weight is 764 g/mol. The van der Waals surface area contributed by atoms with Crippen molar-refractivity contribution in [2.45, 2.75) is 96.3 Å². The Morgan fingerprint density at radius 3 is 2.67 bits per heavy atom. The van der Waals surface area contributed by atoms with Crippen molar-refractivity contribution in [1.82, 2.24) is 34.9 Å². The highest BCUT2D eigenvalue weighted by Gasteiger charge is 2.39. The molecule has 0 spiro atoms. The van der Waals surface area contributed by atoms with Crippen LogP contribution in [0.1, 0.15) is 119 Å². The maximum absolute atomic E-state index is 13.4. The highest BCUT2D eigenvalue weighted by molar-refractivity contribution is 6.07. The zero-order valence-corrected chi connectivity index (χ0v) is 32.3. The third kappa shape index (κ3) is 7.51. The molecule has 0 radical (unpaired) electrons. The summed E-state index contributed by atoms with van der Waals surface area (Å²) in [4.78, 5) is 62.3. The third-order valence-electron chi connectivity index (χ3n) is 11.6. The van der Waals surface area contributed by atoms with Crippen molar-refractivity contribution < 1.29 is 19.2 Å². The lowest BCUT2D eigenvalue weighted by Gasteiger charge is -2.29. The molecule has 8 rings (SSSR count). The molecule has 3 aromatic heterocycles. The van der Waals surface area contributed by atoms with Crippen LogP contribution in [0.5, 0.6) is 0 Å². The maximum atomic E-state index is 13.4. The van der Waals surface area contributed by atoms with Crippen LogP contribution >= 0.6 is 0 Å². The third-order valence-corrected chi connectivity index (χ3v) is 11.6. The summed E-state index contributed by atoms with van der Waals surface area (Å²) in [6.07, 6.45) is 10.1. The first-order valence-corrected chi connectivity index (χ1v) is 19.9. The number of benzene rings is 2. The van der Waals surface area contributed by atoms with E-state index in [1.54, 1.807) is 23.2 Å². The van der Waals surface area contributed by atoms with Crippen LogP contribution in [-0.4, -0.2) is 72.8 Å². The second-order valence-electron chi connectivity index (χ2n) is 15.3. The molecule has 6 heterocycles. The number of unbranched alkanes of at least 4 members (excludes halogenated alkanes) is 5. The molecule has 4 amide bonds. The fourth-order valence-corrected chi connectivity index (χ4v) is 8.53. The van der Waals surface area contributed by atoms with Crippen LogP contribution in [0.4, 0.5) is 5.82 Å². The van der Waals surface area contributed by atoms with Gasteiger partial charge in [0.2, 0.25) is 11.8 Å². The Morgan fingerprint density at radius 1 is 1.02 bits per heavy atom. The zero-order valence-electron chi connectivity index (χ0n) is 32.3. The molecule has 3 aliphatic heterocycles. The van der Waals surface area contributed by atoms with Crippen molar-refractivity contribution in [2.75, 3.05) is 18.9 Å². The fourth-order valence-electron chi connectivity index (χ4n) is 8.53. The van der Waals surface area contributed by atoms with Gasteiger partial charge < -0.3 is 15.2 Å². The van der Waals surface area contributed by atoms with Crippen LogP contribution in [0.3, 0.4) is 0 Å². The van der Waals surface area contributed by atoms with E-state index in [4.69, 9.17) is 5.10 Å². The molecule has 5 aromatic rings. The van der Waals surface area contributed by atoms with Gasteiger partial charge in [-0.3, -0.25) is 34.1 Å². The van der Waals surface area contributed by atoms with Gasteiger partial charge in [0.05, 0.1) is 34.0 Å². The van der Waals surface area contributed by atoms with Crippen molar-refractivity contribution in [3.63, 3.8) is 0 Å². The van der Waals surface area contributed by atoms with E-state index < -0.39 is 11.9 Å². The van der Waals surface area contributed by atoms with E-state index in [0.29, 0.717) is 35.5 Å². The van der Waals surface area contributed by atoms with Gasteiger partial charge >= 0.3 is 0 Å². The molecule has 0 bridgehead atoms. The van der Waals surface area contributed by atoms with Crippen LogP contribution in [-0.2, 0) is 22.7 Å². The van der Waals surface area contributed by atoms with Gasteiger partial charge in [-0.1, -0.05) is 43.2 Å². The van der Waals surface area contributed by atoms with E-state index in [1.165, 1.54) is 0 Å². The second-order valence-corrected chi connectivity index (χ2v) is 15.3. The van der Waals surface area contributed by atoms with Crippen molar-refractivity contribution in [3.8, 4) is 17.9 Å². The minimum absolute atomic E-state index is 0.165. The average Bonchev–Trinajstić information content (AvgIpc) is 3.97. The Labute approximate surface area is 330 Å². The first kappa shape index (κ1) is 37.6. The summed E-state index contributed by atoms with van der Waals surface area (Å²) >= 11 is 0. The molecule has 2 atom stereocenters. The number of aryl methyl sites for hydroxylation is 2. The number of aromatic nitrogens is 4. The van der Waals surface area contributed by atoms with Crippen molar-refractivity contribution in [1.29, 1.82) is 5.26 Å². The number of nitriles is 1. The van der Waals surface area contributed by atoms with Crippen LogP contribution in [0.2, 0.25) is 0 Å². The molecule has 2 saturated heterocycles. The lowest BCUT2D eigenvalue weighted by Crippen LogP contribution is -2.52. The molecule has 1 unspecified atom stereocenters. The van der Waals surface area contributed by atoms with Crippen LogP contribution in [0.25, 0.3) is 21.8 Å². The van der Waals surface area contributed by atoms with E-state index in [-0.39, 0.29) is 30.2 Å². The smallest absolute Gasteiger partial charge is 0.256 e. The van der Waals surface area contributed by atoms with Crippen LogP contribution < -0.4 is 10.6 Å². The number of aromatic amines is 1. The Bertz CT molecular complexity index is 2530. The molecule has 0 saturated carbocycles. The topological polar surface area (TPSA) is 169 Å². The number of pyridine rings is 1. The minimum atomic E-state index is -0.641. The SMILES string of the molecule is Cc1nn(CCCCCCCC#Cc2cccc3c2CN(C2CCC(=O)NC2=O)C3=O)c2cc(C(=O)Nc3cc4[nH]c([C@H]5CCCN5C)c(C#N)c4cn3)ccc12. The van der Waals surface area contributed by atoms with Gasteiger partial charge in [-0.05, 0) is 82.4 Å². The Balaban J connectivity index is 0.822. The number of carbonyl (C=O) groups is 4. The van der Waals surface area contributed by atoms with E-state index in [9.17, 15) is 24.4 Å². The van der Waals surface area contributed by atoms with Crippen LogP contribution in [0, 0.1) is 30.1 Å². The van der Waals surface area contributed by atoms with E-state index >= 15 is 0 Å². The fraction of sp³-hybridized carbons (Fsp3) is 0.386. The molecule has 290 valence electrons. The predicted molar refractivity (Wildman–Crippen MR) is 215 cm³/mol. The number of hydrogen-bond acceptors (Lipinski definition) is 8. The minimum Gasteiger partial charge on any atom is -0.356 e. The summed E-state index contributed by atoms with van der Waals surface area (Å²) in [6.45, 7) is 4.04. The highest BCUT2D eigenvalue weighted by atomic mass is 16.2. The van der Waals surface area contributed by atoms with Gasteiger partial charge in [0.25, 0.3) is 11.8 Å².